The number of ether oxygens (including phenoxy) is 5. The average molecular weight is 542 g/mol. The van der Waals surface area contributed by atoms with Crippen molar-refractivity contribution in [2.24, 2.45) is 0 Å². The van der Waals surface area contributed by atoms with E-state index in [1.807, 2.05) is 43.3 Å². The molecular formula is C32H31NO7. The van der Waals surface area contributed by atoms with Gasteiger partial charge in [0.05, 0.1) is 20.3 Å². The van der Waals surface area contributed by atoms with E-state index in [-0.39, 0.29) is 23.7 Å². The number of rotatable bonds is 12. The van der Waals surface area contributed by atoms with Crippen LogP contribution in [0.15, 0.2) is 72.3 Å². The van der Waals surface area contributed by atoms with Gasteiger partial charge in [-0.1, -0.05) is 36.4 Å². The highest BCUT2D eigenvalue weighted by atomic mass is 16.6. The standard InChI is InChI=1S/C32H31NO7/c1-5-37-30-19-24(17-26(20-33)32(35)38-6-2)12-15-28(30)40-31(34)16-13-23-11-14-27(29(18-23)36-4)39-21-25-10-8-7-9-22(25)3/h7-19H,5-6,21H2,1-4H3/b16-13+,26-17+. The Morgan fingerprint density at radius 1 is 0.875 bits per heavy atom. The van der Waals surface area contributed by atoms with Crippen molar-refractivity contribution in [2.45, 2.75) is 27.4 Å². The van der Waals surface area contributed by atoms with Crippen LogP contribution in [0, 0.1) is 18.3 Å². The number of nitriles is 1. The molecule has 0 aliphatic heterocycles. The van der Waals surface area contributed by atoms with Gasteiger partial charge in [-0.2, -0.15) is 5.26 Å². The molecule has 0 unspecified atom stereocenters. The Labute approximate surface area is 234 Å². The van der Waals surface area contributed by atoms with Gasteiger partial charge in [-0.05, 0) is 79.4 Å². The molecule has 0 atom stereocenters. The molecule has 0 aromatic heterocycles. The van der Waals surface area contributed by atoms with Crippen LogP contribution in [0.25, 0.3) is 12.2 Å². The fourth-order valence-corrected chi connectivity index (χ4v) is 3.62. The van der Waals surface area contributed by atoms with Gasteiger partial charge in [0.2, 0.25) is 0 Å². The van der Waals surface area contributed by atoms with Crippen molar-refractivity contribution in [3.05, 3.63) is 94.6 Å². The summed E-state index contributed by atoms with van der Waals surface area (Å²) in [6.45, 7) is 6.35. The molecule has 3 aromatic rings. The summed E-state index contributed by atoms with van der Waals surface area (Å²) in [6.07, 6.45) is 4.28. The number of carbonyl (C=O) groups is 2. The zero-order valence-electron chi connectivity index (χ0n) is 22.9. The van der Waals surface area contributed by atoms with Crippen LogP contribution in [0.2, 0.25) is 0 Å². The number of methoxy groups -OCH3 is 1. The largest absolute Gasteiger partial charge is 0.493 e. The SMILES string of the molecule is CCOC(=O)/C(C#N)=C/c1ccc(OC(=O)/C=C/c2ccc(OCc3ccccc3C)c(OC)c2)c(OCC)c1. The predicted molar refractivity (Wildman–Crippen MR) is 151 cm³/mol. The lowest BCUT2D eigenvalue weighted by atomic mass is 10.1. The molecule has 0 N–H and O–H groups in total. The summed E-state index contributed by atoms with van der Waals surface area (Å²) in [5.74, 6) is 0.268. The Balaban J connectivity index is 1.71. The molecule has 40 heavy (non-hydrogen) atoms. The molecule has 0 spiro atoms. The summed E-state index contributed by atoms with van der Waals surface area (Å²) in [5.41, 5.74) is 3.29. The van der Waals surface area contributed by atoms with Crippen LogP contribution in [0.5, 0.6) is 23.0 Å². The molecule has 8 nitrogen and oxygen atoms in total. The smallest absolute Gasteiger partial charge is 0.348 e. The number of hydrogen-bond donors (Lipinski definition) is 0. The van der Waals surface area contributed by atoms with Crippen LogP contribution in [0.1, 0.15) is 36.1 Å². The van der Waals surface area contributed by atoms with Crippen LogP contribution in [-0.4, -0.2) is 32.3 Å². The first-order valence-electron chi connectivity index (χ1n) is 12.7. The Morgan fingerprint density at radius 2 is 1.60 bits per heavy atom. The normalized spacial score (nSPS) is 11.0. The van der Waals surface area contributed by atoms with Gasteiger partial charge in [-0.3, -0.25) is 0 Å². The number of nitrogens with zero attached hydrogens (tertiary/aromatic N) is 1. The summed E-state index contributed by atoms with van der Waals surface area (Å²) in [6, 6.07) is 19.9. The monoisotopic (exact) mass is 541 g/mol. The molecule has 0 amide bonds. The van der Waals surface area contributed by atoms with Crippen LogP contribution in [0.3, 0.4) is 0 Å². The Hall–Kier alpha value is -5.03. The van der Waals surface area contributed by atoms with E-state index in [2.05, 4.69) is 0 Å². The Bertz CT molecular complexity index is 1450. The van der Waals surface area contributed by atoms with E-state index in [4.69, 9.17) is 23.7 Å². The summed E-state index contributed by atoms with van der Waals surface area (Å²) in [7, 11) is 1.55. The van der Waals surface area contributed by atoms with Crippen LogP contribution in [-0.2, 0) is 20.9 Å². The van der Waals surface area contributed by atoms with Gasteiger partial charge in [0.25, 0.3) is 0 Å². The molecule has 0 radical (unpaired) electrons. The number of esters is 2. The van der Waals surface area contributed by atoms with Gasteiger partial charge in [0, 0.05) is 6.08 Å². The minimum atomic E-state index is -0.717. The molecule has 0 fully saturated rings. The second-order valence-corrected chi connectivity index (χ2v) is 8.41. The quantitative estimate of drug-likeness (QED) is 0.118. The van der Waals surface area contributed by atoms with E-state index in [1.165, 1.54) is 18.2 Å². The number of benzene rings is 3. The molecule has 0 saturated carbocycles. The van der Waals surface area contributed by atoms with E-state index < -0.39 is 11.9 Å². The lowest BCUT2D eigenvalue weighted by Gasteiger charge is -2.12. The van der Waals surface area contributed by atoms with Gasteiger partial charge in [0.1, 0.15) is 18.2 Å². The van der Waals surface area contributed by atoms with E-state index in [9.17, 15) is 14.9 Å². The van der Waals surface area contributed by atoms with Crippen molar-refractivity contribution in [1.29, 1.82) is 5.26 Å². The lowest BCUT2D eigenvalue weighted by molar-refractivity contribution is -0.138. The van der Waals surface area contributed by atoms with Gasteiger partial charge >= 0.3 is 11.9 Å². The summed E-state index contributed by atoms with van der Waals surface area (Å²) < 4.78 is 27.4. The third-order valence-electron chi connectivity index (χ3n) is 5.65. The first kappa shape index (κ1) is 29.5. The Kier molecular flexibility index (Phi) is 10.9. The third-order valence-corrected chi connectivity index (χ3v) is 5.65. The van der Waals surface area contributed by atoms with Crippen molar-refractivity contribution in [1.82, 2.24) is 0 Å². The molecule has 206 valence electrons. The van der Waals surface area contributed by atoms with Crippen LogP contribution >= 0.6 is 0 Å². The van der Waals surface area contributed by atoms with Crippen molar-refractivity contribution in [2.75, 3.05) is 20.3 Å². The summed E-state index contributed by atoms with van der Waals surface area (Å²) >= 11 is 0. The van der Waals surface area contributed by atoms with E-state index in [0.717, 1.165) is 11.1 Å². The zero-order chi connectivity index (χ0) is 28.9. The molecule has 0 bridgehead atoms. The Morgan fingerprint density at radius 3 is 2.30 bits per heavy atom. The molecule has 3 aromatic carbocycles. The number of hydrogen-bond acceptors (Lipinski definition) is 8. The highest BCUT2D eigenvalue weighted by molar-refractivity contribution is 5.98. The van der Waals surface area contributed by atoms with E-state index >= 15 is 0 Å². The molecule has 0 aliphatic carbocycles. The maximum Gasteiger partial charge on any atom is 0.348 e. The molecule has 8 heteroatoms. The fraction of sp³-hybridized carbons (Fsp3) is 0.219. The topological polar surface area (TPSA) is 104 Å². The van der Waals surface area contributed by atoms with Crippen molar-refractivity contribution in [3.8, 4) is 29.1 Å². The second kappa shape index (κ2) is 14.8. The molecule has 0 saturated heterocycles. The molecule has 0 heterocycles. The highest BCUT2D eigenvalue weighted by Crippen LogP contribution is 2.31. The summed E-state index contributed by atoms with van der Waals surface area (Å²) in [5, 5.41) is 9.27. The van der Waals surface area contributed by atoms with Gasteiger partial charge < -0.3 is 23.7 Å². The zero-order valence-corrected chi connectivity index (χ0v) is 22.9. The minimum absolute atomic E-state index is 0.154. The first-order valence-corrected chi connectivity index (χ1v) is 12.7. The minimum Gasteiger partial charge on any atom is -0.493 e. The molecular weight excluding hydrogens is 510 g/mol. The van der Waals surface area contributed by atoms with Crippen molar-refractivity contribution < 1.29 is 33.3 Å². The predicted octanol–water partition coefficient (Wildman–Crippen LogP) is 6.07. The van der Waals surface area contributed by atoms with Gasteiger partial charge in [-0.15, -0.1) is 0 Å². The van der Waals surface area contributed by atoms with Crippen LogP contribution < -0.4 is 18.9 Å². The van der Waals surface area contributed by atoms with Gasteiger partial charge in [-0.25, -0.2) is 9.59 Å². The number of carbonyl (C=O) groups excluding carboxylic acids is 2. The lowest BCUT2D eigenvalue weighted by Crippen LogP contribution is -2.07. The van der Waals surface area contributed by atoms with E-state index in [0.29, 0.717) is 35.8 Å². The molecule has 0 aliphatic rings. The number of aryl methyl sites for hydroxylation is 1. The summed E-state index contributed by atoms with van der Waals surface area (Å²) in [4.78, 5) is 24.5. The average Bonchev–Trinajstić information content (AvgIpc) is 2.96. The third kappa shape index (κ3) is 8.23. The fourth-order valence-electron chi connectivity index (χ4n) is 3.62. The maximum absolute atomic E-state index is 12.6. The van der Waals surface area contributed by atoms with E-state index in [1.54, 1.807) is 51.3 Å². The second-order valence-electron chi connectivity index (χ2n) is 8.41. The van der Waals surface area contributed by atoms with Gasteiger partial charge in [0.15, 0.2) is 23.0 Å². The first-order chi connectivity index (χ1) is 19.4. The maximum atomic E-state index is 12.6. The van der Waals surface area contributed by atoms with Crippen LogP contribution in [0.4, 0.5) is 0 Å². The molecule has 3 rings (SSSR count). The van der Waals surface area contributed by atoms with Crippen molar-refractivity contribution >= 4 is 24.1 Å². The highest BCUT2D eigenvalue weighted by Gasteiger charge is 2.13. The van der Waals surface area contributed by atoms with Crippen molar-refractivity contribution in [3.63, 3.8) is 0 Å².